The van der Waals surface area contributed by atoms with Crippen molar-refractivity contribution in [2.24, 2.45) is 11.7 Å². The van der Waals surface area contributed by atoms with Crippen LogP contribution < -0.4 is 16.0 Å². The maximum absolute atomic E-state index is 12.0. The van der Waals surface area contributed by atoms with Gasteiger partial charge in [-0.15, -0.1) is 0 Å². The van der Waals surface area contributed by atoms with Crippen LogP contribution in [-0.2, 0) is 4.79 Å². The van der Waals surface area contributed by atoms with E-state index in [1.54, 1.807) is 0 Å². The molecule has 0 aliphatic carbocycles. The number of anilines is 1. The number of aromatic nitrogens is 1. The molecule has 2 heterocycles. The highest BCUT2D eigenvalue weighted by atomic mass is 79.9. The monoisotopic (exact) mass is 340 g/mol. The van der Waals surface area contributed by atoms with Crippen molar-refractivity contribution in [1.82, 2.24) is 10.3 Å². The number of carbonyl (C=O) groups excluding carboxylic acids is 1. The lowest BCUT2D eigenvalue weighted by atomic mass is 9.97. The van der Waals surface area contributed by atoms with Crippen LogP contribution in [0.15, 0.2) is 16.7 Å². The van der Waals surface area contributed by atoms with Crippen LogP contribution in [0.4, 0.5) is 5.82 Å². The van der Waals surface area contributed by atoms with Gasteiger partial charge in [0.25, 0.3) is 0 Å². The van der Waals surface area contributed by atoms with Gasteiger partial charge in [-0.25, -0.2) is 4.98 Å². The van der Waals surface area contributed by atoms with E-state index in [4.69, 9.17) is 5.73 Å². The zero-order chi connectivity index (χ0) is 14.5. The van der Waals surface area contributed by atoms with Gasteiger partial charge >= 0.3 is 0 Å². The van der Waals surface area contributed by atoms with Crippen molar-refractivity contribution in [1.29, 1.82) is 0 Å². The SMILES string of the molecule is Cc1cc(N2CCCC(C(=O)NCCN)C2)ncc1Br. The van der Waals surface area contributed by atoms with Gasteiger partial charge in [0.1, 0.15) is 5.82 Å². The summed E-state index contributed by atoms with van der Waals surface area (Å²) in [6.45, 7) is 4.75. The fourth-order valence-corrected chi connectivity index (χ4v) is 2.65. The highest BCUT2D eigenvalue weighted by molar-refractivity contribution is 9.10. The van der Waals surface area contributed by atoms with Crippen LogP contribution in [-0.4, -0.2) is 37.1 Å². The Morgan fingerprint density at radius 2 is 2.45 bits per heavy atom. The van der Waals surface area contributed by atoms with Gasteiger partial charge in [0.15, 0.2) is 0 Å². The van der Waals surface area contributed by atoms with Crippen molar-refractivity contribution in [3.63, 3.8) is 0 Å². The summed E-state index contributed by atoms with van der Waals surface area (Å²) in [6, 6.07) is 2.06. The minimum atomic E-state index is 0.0288. The quantitative estimate of drug-likeness (QED) is 0.870. The first kappa shape index (κ1) is 15.3. The first-order chi connectivity index (χ1) is 9.61. The summed E-state index contributed by atoms with van der Waals surface area (Å²) in [7, 11) is 0. The van der Waals surface area contributed by atoms with Crippen LogP contribution >= 0.6 is 15.9 Å². The van der Waals surface area contributed by atoms with Gasteiger partial charge in [0, 0.05) is 36.8 Å². The van der Waals surface area contributed by atoms with E-state index < -0.39 is 0 Å². The van der Waals surface area contributed by atoms with Gasteiger partial charge in [0.05, 0.1) is 5.92 Å². The molecule has 0 bridgehead atoms. The third-order valence-corrected chi connectivity index (χ3v) is 4.42. The zero-order valence-electron chi connectivity index (χ0n) is 11.7. The smallest absolute Gasteiger partial charge is 0.224 e. The second-order valence-corrected chi connectivity index (χ2v) is 6.01. The molecule has 0 aromatic carbocycles. The molecule has 1 aliphatic heterocycles. The Labute approximate surface area is 128 Å². The maximum Gasteiger partial charge on any atom is 0.224 e. The predicted molar refractivity (Wildman–Crippen MR) is 83.7 cm³/mol. The topological polar surface area (TPSA) is 71.2 Å². The molecule has 1 aliphatic rings. The van der Waals surface area contributed by atoms with Crippen LogP contribution in [0.3, 0.4) is 0 Å². The molecule has 0 radical (unpaired) electrons. The van der Waals surface area contributed by atoms with Crippen molar-refractivity contribution in [2.45, 2.75) is 19.8 Å². The minimum absolute atomic E-state index is 0.0288. The van der Waals surface area contributed by atoms with Gasteiger partial charge in [-0.2, -0.15) is 0 Å². The Morgan fingerprint density at radius 1 is 1.65 bits per heavy atom. The average molecular weight is 341 g/mol. The third-order valence-electron chi connectivity index (χ3n) is 3.59. The Morgan fingerprint density at radius 3 is 3.15 bits per heavy atom. The van der Waals surface area contributed by atoms with Gasteiger partial charge in [0.2, 0.25) is 5.91 Å². The van der Waals surface area contributed by atoms with Crippen LogP contribution in [0.25, 0.3) is 0 Å². The Balaban J connectivity index is 2.02. The van der Waals surface area contributed by atoms with E-state index in [1.807, 2.05) is 13.1 Å². The van der Waals surface area contributed by atoms with E-state index in [0.29, 0.717) is 13.1 Å². The lowest BCUT2D eigenvalue weighted by Crippen LogP contribution is -2.44. The van der Waals surface area contributed by atoms with Gasteiger partial charge in [-0.3, -0.25) is 4.79 Å². The molecule has 6 heteroatoms. The molecule has 1 aromatic heterocycles. The number of piperidine rings is 1. The number of nitrogens with two attached hydrogens (primary N) is 1. The van der Waals surface area contributed by atoms with Crippen molar-refractivity contribution in [3.05, 3.63) is 22.3 Å². The van der Waals surface area contributed by atoms with E-state index >= 15 is 0 Å². The molecule has 3 N–H and O–H groups in total. The molecule has 1 atom stereocenters. The van der Waals surface area contributed by atoms with Crippen LogP contribution in [0.5, 0.6) is 0 Å². The number of amides is 1. The van der Waals surface area contributed by atoms with E-state index in [1.165, 1.54) is 0 Å². The summed E-state index contributed by atoms with van der Waals surface area (Å²) in [5.41, 5.74) is 6.57. The number of hydrogen-bond acceptors (Lipinski definition) is 4. The molecule has 5 nitrogen and oxygen atoms in total. The van der Waals surface area contributed by atoms with Crippen LogP contribution in [0.1, 0.15) is 18.4 Å². The lowest BCUT2D eigenvalue weighted by molar-refractivity contribution is -0.125. The fraction of sp³-hybridized carbons (Fsp3) is 0.571. The summed E-state index contributed by atoms with van der Waals surface area (Å²) in [5, 5.41) is 2.88. The second-order valence-electron chi connectivity index (χ2n) is 5.16. The Bertz CT molecular complexity index is 480. The zero-order valence-corrected chi connectivity index (χ0v) is 13.3. The first-order valence-corrected chi connectivity index (χ1v) is 7.76. The summed E-state index contributed by atoms with van der Waals surface area (Å²) in [5.74, 6) is 1.08. The molecular formula is C14H21BrN4O. The number of aryl methyl sites for hydroxylation is 1. The molecule has 1 saturated heterocycles. The summed E-state index contributed by atoms with van der Waals surface area (Å²) in [4.78, 5) is 18.7. The molecule has 20 heavy (non-hydrogen) atoms. The summed E-state index contributed by atoms with van der Waals surface area (Å²) < 4.78 is 1.01. The van der Waals surface area contributed by atoms with E-state index in [9.17, 15) is 4.79 Å². The van der Waals surface area contributed by atoms with Gasteiger partial charge in [-0.1, -0.05) is 0 Å². The third kappa shape index (κ3) is 3.70. The Hall–Kier alpha value is -1.14. The molecule has 2 rings (SSSR count). The molecular weight excluding hydrogens is 320 g/mol. The number of hydrogen-bond donors (Lipinski definition) is 2. The number of carbonyl (C=O) groups is 1. The fourth-order valence-electron chi connectivity index (χ4n) is 2.44. The molecule has 0 spiro atoms. The largest absolute Gasteiger partial charge is 0.356 e. The number of pyridine rings is 1. The number of halogens is 1. The van der Waals surface area contributed by atoms with Gasteiger partial charge in [-0.05, 0) is 47.3 Å². The first-order valence-electron chi connectivity index (χ1n) is 6.96. The molecule has 1 unspecified atom stereocenters. The average Bonchev–Trinajstić information content (AvgIpc) is 2.47. The summed E-state index contributed by atoms with van der Waals surface area (Å²) >= 11 is 3.46. The molecule has 110 valence electrons. The number of rotatable bonds is 4. The van der Waals surface area contributed by atoms with Gasteiger partial charge < -0.3 is 16.0 Å². The predicted octanol–water partition coefficient (Wildman–Crippen LogP) is 1.44. The van der Waals surface area contributed by atoms with Crippen molar-refractivity contribution < 1.29 is 4.79 Å². The Kier molecular flexibility index (Phi) is 5.37. The summed E-state index contributed by atoms with van der Waals surface area (Å²) in [6.07, 6.45) is 3.77. The van der Waals surface area contributed by atoms with E-state index in [-0.39, 0.29) is 11.8 Å². The maximum atomic E-state index is 12.0. The van der Waals surface area contributed by atoms with E-state index in [0.717, 1.165) is 41.8 Å². The molecule has 1 amide bonds. The van der Waals surface area contributed by atoms with Crippen molar-refractivity contribution in [2.75, 3.05) is 31.1 Å². The second kappa shape index (κ2) is 7.04. The lowest BCUT2D eigenvalue weighted by Gasteiger charge is -2.33. The molecule has 1 aromatic rings. The standard InChI is InChI=1S/C14H21BrN4O/c1-10-7-13(18-8-12(10)15)19-6-2-3-11(9-19)14(20)17-5-4-16/h7-8,11H,2-6,9,16H2,1H3,(H,17,20). The van der Waals surface area contributed by atoms with Crippen LogP contribution in [0.2, 0.25) is 0 Å². The number of nitrogens with zero attached hydrogens (tertiary/aromatic N) is 2. The highest BCUT2D eigenvalue weighted by Crippen LogP contribution is 2.24. The minimum Gasteiger partial charge on any atom is -0.356 e. The van der Waals surface area contributed by atoms with Crippen molar-refractivity contribution >= 4 is 27.7 Å². The number of nitrogens with one attached hydrogen (secondary N) is 1. The molecule has 1 fully saturated rings. The van der Waals surface area contributed by atoms with Crippen LogP contribution in [0, 0.1) is 12.8 Å². The van der Waals surface area contributed by atoms with E-state index in [2.05, 4.69) is 37.2 Å². The molecule has 0 saturated carbocycles. The van der Waals surface area contributed by atoms with Crippen molar-refractivity contribution in [3.8, 4) is 0 Å². The highest BCUT2D eigenvalue weighted by Gasteiger charge is 2.26. The normalized spacial score (nSPS) is 18.9.